The number of rotatable bonds is 3. The maximum absolute atomic E-state index is 12.5. The van der Waals surface area contributed by atoms with Crippen LogP contribution in [0.25, 0.3) is 0 Å². The molecule has 5 nitrogen and oxygen atoms in total. The Morgan fingerprint density at radius 1 is 1.32 bits per heavy atom. The van der Waals surface area contributed by atoms with Gasteiger partial charge in [-0.25, -0.2) is 4.79 Å². The van der Waals surface area contributed by atoms with Gasteiger partial charge in [0.1, 0.15) is 6.10 Å². The Morgan fingerprint density at radius 2 is 2.00 bits per heavy atom. The van der Waals surface area contributed by atoms with Crippen molar-refractivity contribution in [1.29, 1.82) is 0 Å². The Bertz CT molecular complexity index is 485. The van der Waals surface area contributed by atoms with Crippen molar-refractivity contribution in [3.8, 4) is 11.5 Å². The van der Waals surface area contributed by atoms with Crippen LogP contribution in [0.5, 0.6) is 11.5 Å². The number of hydrogen-bond acceptors (Lipinski definition) is 4. The molecule has 0 saturated carbocycles. The van der Waals surface area contributed by atoms with Crippen LogP contribution >= 0.6 is 0 Å². The first-order chi connectivity index (χ1) is 8.86. The summed E-state index contributed by atoms with van der Waals surface area (Å²) in [4.78, 5) is 10.7. The van der Waals surface area contributed by atoms with Gasteiger partial charge in [0.05, 0.1) is 18.8 Å². The lowest BCUT2D eigenvalue weighted by atomic mass is 10.2. The summed E-state index contributed by atoms with van der Waals surface area (Å²) < 4.78 is 52.4. The van der Waals surface area contributed by atoms with E-state index in [-0.39, 0.29) is 17.6 Å². The normalized spacial score (nSPS) is 15.7. The smallest absolute Gasteiger partial charge is 0.416 e. The number of hydrogen-bond donors (Lipinski definition) is 1. The SMILES string of the molecule is NC(=O)Oc1cc(C(F)(F)F)ccc1OC1COC1. The summed E-state index contributed by atoms with van der Waals surface area (Å²) in [5.74, 6) is -0.352. The number of amides is 1. The molecule has 1 aliphatic rings. The van der Waals surface area contributed by atoms with Crippen LogP contribution in [0.3, 0.4) is 0 Å². The van der Waals surface area contributed by atoms with Gasteiger partial charge in [-0.3, -0.25) is 0 Å². The molecule has 8 heteroatoms. The van der Waals surface area contributed by atoms with E-state index in [1.807, 2.05) is 0 Å². The number of primary amides is 1. The zero-order valence-electron chi connectivity index (χ0n) is 9.57. The third-order valence-electron chi connectivity index (χ3n) is 2.38. The molecule has 0 aliphatic carbocycles. The number of nitrogens with two attached hydrogens (primary N) is 1. The monoisotopic (exact) mass is 277 g/mol. The van der Waals surface area contributed by atoms with Gasteiger partial charge in [-0.05, 0) is 18.2 Å². The van der Waals surface area contributed by atoms with Gasteiger partial charge in [-0.15, -0.1) is 0 Å². The van der Waals surface area contributed by atoms with Gasteiger partial charge in [-0.2, -0.15) is 13.2 Å². The fourth-order valence-corrected chi connectivity index (χ4v) is 1.43. The second-order valence-electron chi connectivity index (χ2n) is 3.86. The minimum atomic E-state index is -4.55. The zero-order chi connectivity index (χ0) is 14.0. The fourth-order valence-electron chi connectivity index (χ4n) is 1.43. The average Bonchev–Trinajstić information content (AvgIpc) is 2.22. The number of halogens is 3. The maximum atomic E-state index is 12.5. The molecule has 1 aromatic carbocycles. The van der Waals surface area contributed by atoms with Crippen LogP contribution < -0.4 is 15.2 Å². The van der Waals surface area contributed by atoms with Crippen LogP contribution in [-0.2, 0) is 10.9 Å². The third-order valence-corrected chi connectivity index (χ3v) is 2.38. The minimum absolute atomic E-state index is 0.0140. The topological polar surface area (TPSA) is 70.8 Å². The highest BCUT2D eigenvalue weighted by Crippen LogP contribution is 2.37. The van der Waals surface area contributed by atoms with Gasteiger partial charge in [0, 0.05) is 0 Å². The molecule has 2 N–H and O–H groups in total. The molecule has 1 amide bonds. The van der Waals surface area contributed by atoms with Gasteiger partial charge in [0.2, 0.25) is 0 Å². The predicted octanol–water partition coefficient (Wildman–Crippen LogP) is 1.94. The molecule has 0 atom stereocenters. The Kier molecular flexibility index (Phi) is 3.52. The highest BCUT2D eigenvalue weighted by molar-refractivity contribution is 5.69. The van der Waals surface area contributed by atoms with Crippen LogP contribution in [-0.4, -0.2) is 25.4 Å². The van der Waals surface area contributed by atoms with Crippen LogP contribution in [0, 0.1) is 0 Å². The molecule has 0 spiro atoms. The van der Waals surface area contributed by atoms with E-state index < -0.39 is 17.8 Å². The second kappa shape index (κ2) is 4.96. The summed E-state index contributed by atoms with van der Waals surface area (Å²) in [6, 6.07) is 2.59. The lowest BCUT2D eigenvalue weighted by Gasteiger charge is -2.27. The van der Waals surface area contributed by atoms with E-state index in [0.29, 0.717) is 19.3 Å². The Labute approximate surface area is 106 Å². The average molecular weight is 277 g/mol. The highest BCUT2D eigenvalue weighted by atomic mass is 19.4. The molecule has 1 fully saturated rings. The van der Waals surface area contributed by atoms with E-state index in [1.54, 1.807) is 0 Å². The standard InChI is InChI=1S/C11H10F3NO4/c12-11(13,14)6-1-2-8(18-7-4-17-5-7)9(3-6)19-10(15)16/h1-3,7H,4-5H2,(H2,15,16). The molecule has 1 heterocycles. The number of carbonyl (C=O) groups excluding carboxylic acids is 1. The van der Waals surface area contributed by atoms with E-state index >= 15 is 0 Å². The molecule has 104 valence electrons. The summed E-state index contributed by atoms with van der Waals surface area (Å²) in [5, 5.41) is 0. The number of benzene rings is 1. The Hall–Kier alpha value is -1.96. The molecular formula is C11H10F3NO4. The molecule has 1 aliphatic heterocycles. The van der Waals surface area contributed by atoms with Crippen molar-refractivity contribution >= 4 is 6.09 Å². The summed E-state index contributed by atoms with van der Waals surface area (Å²) in [5.41, 5.74) is 3.85. The van der Waals surface area contributed by atoms with E-state index in [0.717, 1.165) is 12.1 Å². The van der Waals surface area contributed by atoms with Crippen LogP contribution in [0.1, 0.15) is 5.56 Å². The van der Waals surface area contributed by atoms with Crippen molar-refractivity contribution in [2.75, 3.05) is 13.2 Å². The van der Waals surface area contributed by atoms with Crippen LogP contribution in [0.2, 0.25) is 0 Å². The summed E-state index contributed by atoms with van der Waals surface area (Å²) >= 11 is 0. The van der Waals surface area contributed by atoms with E-state index in [9.17, 15) is 18.0 Å². The van der Waals surface area contributed by atoms with Crippen molar-refractivity contribution in [3.05, 3.63) is 23.8 Å². The first kappa shape index (κ1) is 13.5. The van der Waals surface area contributed by atoms with Crippen molar-refractivity contribution in [2.45, 2.75) is 12.3 Å². The Balaban J connectivity index is 2.27. The second-order valence-corrected chi connectivity index (χ2v) is 3.86. The van der Waals surface area contributed by atoms with Gasteiger partial charge < -0.3 is 19.9 Å². The molecule has 0 radical (unpaired) electrons. The number of ether oxygens (including phenoxy) is 3. The van der Waals surface area contributed by atoms with Gasteiger partial charge >= 0.3 is 12.3 Å². The number of carbonyl (C=O) groups is 1. The maximum Gasteiger partial charge on any atom is 0.416 e. The van der Waals surface area contributed by atoms with Gasteiger partial charge in [-0.1, -0.05) is 0 Å². The first-order valence-electron chi connectivity index (χ1n) is 5.29. The third kappa shape index (κ3) is 3.28. The van der Waals surface area contributed by atoms with Crippen LogP contribution in [0.4, 0.5) is 18.0 Å². The van der Waals surface area contributed by atoms with E-state index in [1.165, 1.54) is 0 Å². The lowest BCUT2D eigenvalue weighted by Crippen LogP contribution is -2.38. The summed E-state index contributed by atoms with van der Waals surface area (Å²) in [7, 11) is 0. The molecule has 0 unspecified atom stereocenters. The van der Waals surface area contributed by atoms with Gasteiger partial charge in [0.15, 0.2) is 11.5 Å². The van der Waals surface area contributed by atoms with Crippen LogP contribution in [0.15, 0.2) is 18.2 Å². The minimum Gasteiger partial charge on any atom is -0.482 e. The first-order valence-corrected chi connectivity index (χ1v) is 5.29. The molecule has 0 bridgehead atoms. The van der Waals surface area contributed by atoms with Crippen molar-refractivity contribution < 1.29 is 32.2 Å². The van der Waals surface area contributed by atoms with E-state index in [4.69, 9.17) is 15.2 Å². The summed E-state index contributed by atoms with van der Waals surface area (Å²) in [6.07, 6.45) is -6.03. The fraction of sp³-hybridized carbons (Fsp3) is 0.364. The largest absolute Gasteiger partial charge is 0.482 e. The molecular weight excluding hydrogens is 267 g/mol. The quantitative estimate of drug-likeness (QED) is 0.916. The van der Waals surface area contributed by atoms with Gasteiger partial charge in [0.25, 0.3) is 0 Å². The Morgan fingerprint density at radius 3 is 2.47 bits per heavy atom. The summed E-state index contributed by atoms with van der Waals surface area (Å²) in [6.45, 7) is 0.661. The molecule has 0 aromatic heterocycles. The molecule has 19 heavy (non-hydrogen) atoms. The lowest BCUT2D eigenvalue weighted by molar-refractivity contribution is -0.137. The van der Waals surface area contributed by atoms with Crippen molar-refractivity contribution in [1.82, 2.24) is 0 Å². The predicted molar refractivity (Wildman–Crippen MR) is 56.9 cm³/mol. The zero-order valence-corrected chi connectivity index (χ0v) is 9.57. The van der Waals surface area contributed by atoms with Crippen molar-refractivity contribution in [2.24, 2.45) is 5.73 Å². The van der Waals surface area contributed by atoms with Crippen molar-refractivity contribution in [3.63, 3.8) is 0 Å². The molecule has 1 aromatic rings. The molecule has 1 saturated heterocycles. The van der Waals surface area contributed by atoms with E-state index in [2.05, 4.69) is 4.74 Å². The highest BCUT2D eigenvalue weighted by Gasteiger charge is 2.32. The number of alkyl halides is 3. The molecule has 2 rings (SSSR count).